The first-order chi connectivity index (χ1) is 8.33. The molecule has 0 spiro atoms. The summed E-state index contributed by atoms with van der Waals surface area (Å²) >= 11 is 1.89. The Morgan fingerprint density at radius 1 is 1.47 bits per heavy atom. The van der Waals surface area contributed by atoms with Gasteiger partial charge in [0.2, 0.25) is 0 Å². The molecule has 0 radical (unpaired) electrons. The predicted molar refractivity (Wildman–Crippen MR) is 72.8 cm³/mol. The highest BCUT2D eigenvalue weighted by atomic mass is 32.2. The molecule has 94 valence electrons. The van der Waals surface area contributed by atoms with E-state index >= 15 is 0 Å². The van der Waals surface area contributed by atoms with Crippen molar-refractivity contribution in [3.05, 3.63) is 29.3 Å². The lowest BCUT2D eigenvalue weighted by Gasteiger charge is -2.23. The summed E-state index contributed by atoms with van der Waals surface area (Å²) in [5, 5.41) is 9.94. The quantitative estimate of drug-likeness (QED) is 0.816. The standard InChI is InChI=1S/C14H20O2S/c1-2-17-10-9-16-14-8-4-5-11-12(14)6-3-7-13(11)15/h4-5,8,13,15H,2-3,6-7,9-10H2,1H3. The minimum atomic E-state index is -0.299. The fourth-order valence-electron chi connectivity index (χ4n) is 2.28. The van der Waals surface area contributed by atoms with Crippen LogP contribution in [0.5, 0.6) is 5.75 Å². The van der Waals surface area contributed by atoms with E-state index in [4.69, 9.17) is 4.74 Å². The van der Waals surface area contributed by atoms with Crippen LogP contribution in [0.25, 0.3) is 0 Å². The third-order valence-electron chi connectivity index (χ3n) is 3.12. The zero-order chi connectivity index (χ0) is 12.1. The molecule has 1 aromatic rings. The van der Waals surface area contributed by atoms with Crippen LogP contribution in [0.4, 0.5) is 0 Å². The molecule has 1 atom stereocenters. The van der Waals surface area contributed by atoms with E-state index in [2.05, 4.69) is 6.92 Å². The molecule has 0 saturated heterocycles. The fourth-order valence-corrected chi connectivity index (χ4v) is 2.77. The molecule has 0 saturated carbocycles. The van der Waals surface area contributed by atoms with Crippen LogP contribution in [0.1, 0.15) is 37.0 Å². The lowest BCUT2D eigenvalue weighted by atomic mass is 9.89. The van der Waals surface area contributed by atoms with Gasteiger partial charge in [-0.3, -0.25) is 0 Å². The first-order valence-corrected chi connectivity index (χ1v) is 7.48. The van der Waals surface area contributed by atoms with E-state index in [0.717, 1.165) is 48.7 Å². The Hall–Kier alpha value is -0.670. The van der Waals surface area contributed by atoms with Crippen molar-refractivity contribution in [3.63, 3.8) is 0 Å². The number of ether oxygens (including phenoxy) is 1. The lowest BCUT2D eigenvalue weighted by molar-refractivity contribution is 0.155. The van der Waals surface area contributed by atoms with Crippen LogP contribution < -0.4 is 4.74 Å². The Balaban J connectivity index is 2.04. The third kappa shape index (κ3) is 3.17. The van der Waals surface area contributed by atoms with Crippen molar-refractivity contribution >= 4 is 11.8 Å². The van der Waals surface area contributed by atoms with Gasteiger partial charge in [-0.05, 0) is 42.2 Å². The average Bonchev–Trinajstić information content (AvgIpc) is 2.36. The number of hydrogen-bond acceptors (Lipinski definition) is 3. The Bertz CT molecular complexity index is 365. The van der Waals surface area contributed by atoms with Gasteiger partial charge in [0.15, 0.2) is 0 Å². The molecule has 2 nitrogen and oxygen atoms in total. The smallest absolute Gasteiger partial charge is 0.122 e. The van der Waals surface area contributed by atoms with Crippen LogP contribution in [0.3, 0.4) is 0 Å². The topological polar surface area (TPSA) is 29.5 Å². The SMILES string of the molecule is CCSCCOc1cccc2c1CCCC2O. The van der Waals surface area contributed by atoms with Crippen molar-refractivity contribution in [3.8, 4) is 5.75 Å². The molecule has 1 aliphatic rings. The van der Waals surface area contributed by atoms with Crippen molar-refractivity contribution < 1.29 is 9.84 Å². The molecule has 0 heterocycles. The molecule has 17 heavy (non-hydrogen) atoms. The van der Waals surface area contributed by atoms with E-state index in [1.807, 2.05) is 30.0 Å². The highest BCUT2D eigenvalue weighted by molar-refractivity contribution is 7.99. The minimum Gasteiger partial charge on any atom is -0.492 e. The van der Waals surface area contributed by atoms with E-state index in [1.165, 1.54) is 5.56 Å². The molecular formula is C14H20O2S. The van der Waals surface area contributed by atoms with Gasteiger partial charge in [-0.25, -0.2) is 0 Å². The van der Waals surface area contributed by atoms with E-state index in [1.54, 1.807) is 0 Å². The van der Waals surface area contributed by atoms with Crippen molar-refractivity contribution in [2.75, 3.05) is 18.1 Å². The Morgan fingerprint density at radius 2 is 2.35 bits per heavy atom. The van der Waals surface area contributed by atoms with Gasteiger partial charge in [0, 0.05) is 5.75 Å². The van der Waals surface area contributed by atoms with Gasteiger partial charge in [0.05, 0.1) is 12.7 Å². The summed E-state index contributed by atoms with van der Waals surface area (Å²) in [6, 6.07) is 6.02. The zero-order valence-corrected chi connectivity index (χ0v) is 11.1. The van der Waals surface area contributed by atoms with Crippen LogP contribution in [0.15, 0.2) is 18.2 Å². The number of benzene rings is 1. The first kappa shape index (κ1) is 12.8. The molecule has 0 aliphatic heterocycles. The minimum absolute atomic E-state index is 0.299. The predicted octanol–water partition coefficient (Wildman–Crippen LogP) is 3.19. The molecular weight excluding hydrogens is 232 g/mol. The number of fused-ring (bicyclic) bond motifs is 1. The number of aliphatic hydroxyl groups is 1. The maximum atomic E-state index is 9.94. The van der Waals surface area contributed by atoms with Crippen molar-refractivity contribution in [2.45, 2.75) is 32.3 Å². The van der Waals surface area contributed by atoms with Gasteiger partial charge in [0.25, 0.3) is 0 Å². The molecule has 2 rings (SSSR count). The van der Waals surface area contributed by atoms with Crippen LogP contribution in [0, 0.1) is 0 Å². The number of rotatable bonds is 5. The van der Waals surface area contributed by atoms with E-state index in [-0.39, 0.29) is 6.10 Å². The second kappa shape index (κ2) is 6.31. The molecule has 3 heteroatoms. The summed E-state index contributed by atoms with van der Waals surface area (Å²) in [7, 11) is 0. The maximum absolute atomic E-state index is 9.94. The normalized spacial score (nSPS) is 18.8. The number of aliphatic hydroxyl groups excluding tert-OH is 1. The molecule has 1 N–H and O–H groups in total. The molecule has 1 aliphatic carbocycles. The summed E-state index contributed by atoms with van der Waals surface area (Å²) in [4.78, 5) is 0. The Morgan fingerprint density at radius 3 is 3.18 bits per heavy atom. The van der Waals surface area contributed by atoms with Gasteiger partial charge in [-0.15, -0.1) is 0 Å². The monoisotopic (exact) mass is 252 g/mol. The molecule has 0 amide bonds. The van der Waals surface area contributed by atoms with E-state index in [0.29, 0.717) is 0 Å². The van der Waals surface area contributed by atoms with Gasteiger partial charge in [-0.1, -0.05) is 19.1 Å². The van der Waals surface area contributed by atoms with Crippen molar-refractivity contribution in [1.82, 2.24) is 0 Å². The van der Waals surface area contributed by atoms with E-state index in [9.17, 15) is 5.11 Å². The summed E-state index contributed by atoms with van der Waals surface area (Å²) in [6.07, 6.45) is 2.66. The van der Waals surface area contributed by atoms with Crippen LogP contribution in [-0.4, -0.2) is 23.2 Å². The fraction of sp³-hybridized carbons (Fsp3) is 0.571. The van der Waals surface area contributed by atoms with Crippen LogP contribution in [0.2, 0.25) is 0 Å². The van der Waals surface area contributed by atoms with Crippen LogP contribution in [-0.2, 0) is 6.42 Å². The largest absolute Gasteiger partial charge is 0.492 e. The second-order valence-corrected chi connectivity index (χ2v) is 5.67. The second-order valence-electron chi connectivity index (χ2n) is 4.28. The number of thioether (sulfide) groups is 1. The summed E-state index contributed by atoms with van der Waals surface area (Å²) in [5.74, 6) is 3.13. The highest BCUT2D eigenvalue weighted by Crippen LogP contribution is 2.35. The Labute approximate surface area is 107 Å². The molecule has 0 bridgehead atoms. The summed E-state index contributed by atoms with van der Waals surface area (Å²) in [5.41, 5.74) is 2.28. The van der Waals surface area contributed by atoms with Crippen LogP contribution >= 0.6 is 11.8 Å². The van der Waals surface area contributed by atoms with Crippen molar-refractivity contribution in [2.24, 2.45) is 0 Å². The van der Waals surface area contributed by atoms with Gasteiger partial charge >= 0.3 is 0 Å². The van der Waals surface area contributed by atoms with Gasteiger partial charge in [0.1, 0.15) is 5.75 Å². The highest BCUT2D eigenvalue weighted by Gasteiger charge is 2.20. The third-order valence-corrected chi connectivity index (χ3v) is 3.99. The molecule has 0 aromatic heterocycles. The summed E-state index contributed by atoms with van der Waals surface area (Å²) in [6.45, 7) is 2.91. The zero-order valence-electron chi connectivity index (χ0n) is 10.3. The molecule has 1 aromatic carbocycles. The van der Waals surface area contributed by atoms with E-state index < -0.39 is 0 Å². The molecule has 0 fully saturated rings. The summed E-state index contributed by atoms with van der Waals surface area (Å²) < 4.78 is 5.82. The average molecular weight is 252 g/mol. The lowest BCUT2D eigenvalue weighted by Crippen LogP contribution is -2.12. The van der Waals surface area contributed by atoms with Crippen molar-refractivity contribution in [1.29, 1.82) is 0 Å². The number of hydrogen-bond donors (Lipinski definition) is 1. The molecule has 1 unspecified atom stereocenters. The van der Waals surface area contributed by atoms with Gasteiger partial charge < -0.3 is 9.84 Å². The Kier molecular flexibility index (Phi) is 4.75. The first-order valence-electron chi connectivity index (χ1n) is 6.33. The van der Waals surface area contributed by atoms with Gasteiger partial charge in [-0.2, -0.15) is 11.8 Å². The maximum Gasteiger partial charge on any atom is 0.122 e.